The molecule has 0 fully saturated rings. The highest BCUT2D eigenvalue weighted by molar-refractivity contribution is 5.31. The zero-order valence-electron chi connectivity index (χ0n) is 10.5. The van der Waals surface area contributed by atoms with E-state index in [0.717, 1.165) is 0 Å². The average molecular weight is 249 g/mol. The van der Waals surface area contributed by atoms with Crippen molar-refractivity contribution in [3.63, 3.8) is 0 Å². The topological polar surface area (TPSA) is 69.4 Å². The van der Waals surface area contributed by atoms with Crippen molar-refractivity contribution in [3.05, 3.63) is 35.8 Å². The lowest BCUT2D eigenvalue weighted by atomic mass is 10.1. The Morgan fingerprint density at radius 2 is 2.00 bits per heavy atom. The van der Waals surface area contributed by atoms with Crippen LogP contribution in [0.3, 0.4) is 0 Å². The number of ether oxygens (including phenoxy) is 2. The third-order valence-corrected chi connectivity index (χ3v) is 2.63. The maximum atomic E-state index is 10.2. The highest BCUT2D eigenvalue weighted by Gasteiger charge is 2.17. The van der Waals surface area contributed by atoms with Crippen LogP contribution in [0.5, 0.6) is 11.6 Å². The van der Waals surface area contributed by atoms with E-state index in [9.17, 15) is 5.11 Å². The van der Waals surface area contributed by atoms with Crippen molar-refractivity contribution in [1.82, 2.24) is 14.8 Å². The van der Waals surface area contributed by atoms with Crippen LogP contribution in [0.1, 0.15) is 17.4 Å². The van der Waals surface area contributed by atoms with Crippen LogP contribution in [0, 0.1) is 0 Å². The lowest BCUT2D eigenvalue weighted by Gasteiger charge is -2.08. The molecule has 0 bridgehead atoms. The molecule has 0 saturated carbocycles. The minimum absolute atomic E-state index is 0.504. The fraction of sp³-hybridized carbons (Fsp3) is 0.333. The quantitative estimate of drug-likeness (QED) is 0.872. The minimum atomic E-state index is -0.859. The Morgan fingerprint density at radius 1 is 1.22 bits per heavy atom. The normalized spacial score (nSPS) is 12.2. The monoisotopic (exact) mass is 249 g/mol. The Morgan fingerprint density at radius 3 is 2.61 bits per heavy atom. The Bertz CT molecular complexity index is 539. The molecule has 0 aliphatic heterocycles. The number of aliphatic hydroxyl groups excluding tert-OH is 1. The molecule has 1 atom stereocenters. The van der Waals surface area contributed by atoms with Gasteiger partial charge < -0.3 is 14.6 Å². The second-order valence-corrected chi connectivity index (χ2v) is 3.80. The first kappa shape index (κ1) is 12.4. The summed E-state index contributed by atoms with van der Waals surface area (Å²) in [5, 5.41) is 14.4. The van der Waals surface area contributed by atoms with Crippen molar-refractivity contribution < 1.29 is 14.6 Å². The molecule has 2 aromatic rings. The van der Waals surface area contributed by atoms with Crippen molar-refractivity contribution in [2.75, 3.05) is 14.2 Å². The van der Waals surface area contributed by atoms with Gasteiger partial charge in [0, 0.05) is 24.9 Å². The first-order valence-electron chi connectivity index (χ1n) is 5.40. The molecule has 0 amide bonds. The van der Waals surface area contributed by atoms with Crippen molar-refractivity contribution in [2.45, 2.75) is 6.10 Å². The molecular formula is C12H15N3O3. The standard InChI is InChI=1S/C12H15N3O3/c1-15-11(18-3)5-10(14-15)12(16)8-4-9(17-2)7-13-6-8/h4-7,12,16H,1-3H3. The van der Waals surface area contributed by atoms with Gasteiger partial charge in [0.2, 0.25) is 5.88 Å². The Hall–Kier alpha value is -2.08. The number of nitrogens with zero attached hydrogens (tertiary/aromatic N) is 3. The summed E-state index contributed by atoms with van der Waals surface area (Å²) in [4.78, 5) is 4.00. The maximum Gasteiger partial charge on any atom is 0.211 e. The smallest absolute Gasteiger partial charge is 0.211 e. The van der Waals surface area contributed by atoms with Crippen molar-refractivity contribution >= 4 is 0 Å². The number of hydrogen-bond donors (Lipinski definition) is 1. The Kier molecular flexibility index (Phi) is 3.47. The van der Waals surface area contributed by atoms with Crippen molar-refractivity contribution in [1.29, 1.82) is 0 Å². The van der Waals surface area contributed by atoms with Crippen molar-refractivity contribution in [3.8, 4) is 11.6 Å². The number of aryl methyl sites for hydroxylation is 1. The SMILES string of the molecule is COc1cncc(C(O)c2cc(OC)n(C)n2)c1. The summed E-state index contributed by atoms with van der Waals surface area (Å²) < 4.78 is 11.7. The molecular weight excluding hydrogens is 234 g/mol. The zero-order valence-corrected chi connectivity index (χ0v) is 10.5. The molecule has 0 radical (unpaired) electrons. The van der Waals surface area contributed by atoms with Crippen LogP contribution < -0.4 is 9.47 Å². The third-order valence-electron chi connectivity index (χ3n) is 2.63. The van der Waals surface area contributed by atoms with Crippen LogP contribution in [0.4, 0.5) is 0 Å². The first-order chi connectivity index (χ1) is 8.65. The van der Waals surface area contributed by atoms with Gasteiger partial charge in [0.25, 0.3) is 0 Å². The van der Waals surface area contributed by atoms with Crippen molar-refractivity contribution in [2.24, 2.45) is 7.05 Å². The van der Waals surface area contributed by atoms with E-state index in [-0.39, 0.29) is 0 Å². The molecule has 1 unspecified atom stereocenters. The second-order valence-electron chi connectivity index (χ2n) is 3.80. The number of hydrogen-bond acceptors (Lipinski definition) is 5. The first-order valence-corrected chi connectivity index (χ1v) is 5.40. The van der Waals surface area contributed by atoms with Gasteiger partial charge in [0.1, 0.15) is 11.9 Å². The van der Waals surface area contributed by atoms with Gasteiger partial charge >= 0.3 is 0 Å². The molecule has 0 spiro atoms. The summed E-state index contributed by atoms with van der Waals surface area (Å²) in [7, 11) is 4.86. The van der Waals surface area contributed by atoms with Crippen LogP contribution >= 0.6 is 0 Å². The summed E-state index contributed by atoms with van der Waals surface area (Å²) in [6.07, 6.45) is 2.30. The molecule has 0 aliphatic rings. The number of pyridine rings is 1. The number of aliphatic hydroxyl groups is 1. The largest absolute Gasteiger partial charge is 0.495 e. The molecule has 0 aromatic carbocycles. The molecule has 2 rings (SSSR count). The molecule has 18 heavy (non-hydrogen) atoms. The summed E-state index contributed by atoms with van der Waals surface area (Å²) >= 11 is 0. The van der Waals surface area contributed by atoms with Crippen LogP contribution in [-0.4, -0.2) is 34.1 Å². The van der Waals surface area contributed by atoms with E-state index in [2.05, 4.69) is 10.1 Å². The zero-order chi connectivity index (χ0) is 13.1. The van der Waals surface area contributed by atoms with E-state index in [4.69, 9.17) is 9.47 Å². The van der Waals surface area contributed by atoms with Crippen LogP contribution in [0.15, 0.2) is 24.5 Å². The molecule has 2 heterocycles. The van der Waals surface area contributed by atoms with Gasteiger partial charge in [-0.2, -0.15) is 5.10 Å². The van der Waals surface area contributed by atoms with Gasteiger partial charge in [0.05, 0.1) is 26.1 Å². The highest BCUT2D eigenvalue weighted by Crippen LogP contribution is 2.25. The van der Waals surface area contributed by atoms with Gasteiger partial charge in [-0.1, -0.05) is 0 Å². The number of methoxy groups -OCH3 is 2. The Balaban J connectivity index is 2.31. The van der Waals surface area contributed by atoms with Crippen LogP contribution in [0.2, 0.25) is 0 Å². The minimum Gasteiger partial charge on any atom is -0.495 e. The summed E-state index contributed by atoms with van der Waals surface area (Å²) in [6.45, 7) is 0. The molecule has 6 heteroatoms. The predicted octanol–water partition coefficient (Wildman–Crippen LogP) is 0.914. The average Bonchev–Trinajstić information content (AvgIpc) is 2.79. The highest BCUT2D eigenvalue weighted by atomic mass is 16.5. The number of aromatic nitrogens is 3. The van der Waals surface area contributed by atoms with Gasteiger partial charge in [-0.25, -0.2) is 4.68 Å². The molecule has 96 valence electrons. The Labute approximate surface area is 105 Å². The fourth-order valence-electron chi connectivity index (χ4n) is 1.66. The lowest BCUT2D eigenvalue weighted by molar-refractivity contribution is 0.213. The van der Waals surface area contributed by atoms with E-state index in [1.165, 1.54) is 0 Å². The van der Waals surface area contributed by atoms with Crippen LogP contribution in [0.25, 0.3) is 0 Å². The predicted molar refractivity (Wildman–Crippen MR) is 64.6 cm³/mol. The van der Waals surface area contributed by atoms with E-state index in [0.29, 0.717) is 22.9 Å². The molecule has 2 aromatic heterocycles. The number of rotatable bonds is 4. The van der Waals surface area contributed by atoms with Gasteiger partial charge in [-0.05, 0) is 6.07 Å². The van der Waals surface area contributed by atoms with Gasteiger partial charge in [-0.3, -0.25) is 4.98 Å². The maximum absolute atomic E-state index is 10.2. The van der Waals surface area contributed by atoms with E-state index < -0.39 is 6.10 Å². The lowest BCUT2D eigenvalue weighted by Crippen LogP contribution is -2.03. The summed E-state index contributed by atoms with van der Waals surface area (Å²) in [6, 6.07) is 3.41. The van der Waals surface area contributed by atoms with Gasteiger partial charge in [0.15, 0.2) is 0 Å². The third kappa shape index (κ3) is 2.28. The van der Waals surface area contributed by atoms with E-state index in [1.807, 2.05) is 0 Å². The van der Waals surface area contributed by atoms with E-state index >= 15 is 0 Å². The molecule has 6 nitrogen and oxygen atoms in total. The fourth-order valence-corrected chi connectivity index (χ4v) is 1.66. The van der Waals surface area contributed by atoms with Crippen LogP contribution in [-0.2, 0) is 7.05 Å². The molecule has 0 saturated heterocycles. The summed E-state index contributed by atoms with van der Waals surface area (Å²) in [5.41, 5.74) is 1.12. The molecule has 1 N–H and O–H groups in total. The van der Waals surface area contributed by atoms with E-state index in [1.54, 1.807) is 50.5 Å². The molecule has 0 aliphatic carbocycles. The van der Waals surface area contributed by atoms with Gasteiger partial charge in [-0.15, -0.1) is 0 Å². The summed E-state index contributed by atoms with van der Waals surface area (Å²) in [5.74, 6) is 1.18. The second kappa shape index (κ2) is 5.05.